The fourth-order valence-electron chi connectivity index (χ4n) is 7.40. The van der Waals surface area contributed by atoms with E-state index in [1.165, 1.54) is 5.39 Å². The van der Waals surface area contributed by atoms with Gasteiger partial charge < -0.3 is 0 Å². The van der Waals surface area contributed by atoms with E-state index in [2.05, 4.69) is 144 Å². The summed E-state index contributed by atoms with van der Waals surface area (Å²) in [6, 6.07) is 69.3. The van der Waals surface area contributed by atoms with Crippen molar-refractivity contribution in [3.8, 4) is 78.9 Å². The van der Waals surface area contributed by atoms with Crippen LogP contribution in [0.5, 0.6) is 0 Å². The molecule has 0 atom stereocenters. The summed E-state index contributed by atoms with van der Waals surface area (Å²) in [6.45, 7) is 0. The van der Waals surface area contributed by atoms with Crippen molar-refractivity contribution in [2.75, 3.05) is 0 Å². The first-order chi connectivity index (χ1) is 27.3. The van der Waals surface area contributed by atoms with Gasteiger partial charge in [-0.05, 0) is 40.3 Å². The third-order valence-electron chi connectivity index (χ3n) is 10.0. The molecule has 5 nitrogen and oxygen atoms in total. The van der Waals surface area contributed by atoms with E-state index in [4.69, 9.17) is 20.1 Å². The van der Waals surface area contributed by atoms with Gasteiger partial charge in [0.25, 0.3) is 0 Å². The van der Waals surface area contributed by atoms with Crippen LogP contribution in [0.1, 0.15) is 0 Å². The monoisotopic (exact) mass is 703 g/mol. The minimum absolute atomic E-state index is 0.625. The summed E-state index contributed by atoms with van der Waals surface area (Å²) in [6.07, 6.45) is 0. The molecule has 258 valence electrons. The average molecular weight is 704 g/mol. The lowest BCUT2D eigenvalue weighted by atomic mass is 9.94. The van der Waals surface area contributed by atoms with Crippen molar-refractivity contribution >= 4 is 16.3 Å². The van der Waals surface area contributed by atoms with Crippen molar-refractivity contribution in [3.63, 3.8) is 0 Å². The Morgan fingerprint density at radius 2 is 0.764 bits per heavy atom. The molecule has 0 aliphatic rings. The van der Waals surface area contributed by atoms with Crippen molar-refractivity contribution in [2.24, 2.45) is 0 Å². The second-order valence-corrected chi connectivity index (χ2v) is 13.5. The SMILES string of the molecule is c1ccc(-c2nc(-c3ccccc3)nc(-c3cccc(-c4cccc(-c5c(-c6ccccc6)nn6c(-c7ccccc7)cc7ccccc7c56)c4)c3)n2)cc1. The molecule has 55 heavy (non-hydrogen) atoms. The lowest BCUT2D eigenvalue weighted by Crippen LogP contribution is -2.00. The lowest BCUT2D eigenvalue weighted by Gasteiger charge is -2.12. The van der Waals surface area contributed by atoms with Gasteiger partial charge >= 0.3 is 0 Å². The molecule has 0 unspecified atom stereocenters. The number of fused-ring (bicyclic) bond motifs is 3. The molecule has 7 aromatic carbocycles. The van der Waals surface area contributed by atoms with Crippen LogP contribution in [-0.4, -0.2) is 24.6 Å². The van der Waals surface area contributed by atoms with E-state index in [1.807, 2.05) is 60.7 Å². The Morgan fingerprint density at radius 1 is 0.327 bits per heavy atom. The summed E-state index contributed by atoms with van der Waals surface area (Å²) >= 11 is 0. The molecule has 0 bridgehead atoms. The quantitative estimate of drug-likeness (QED) is 0.166. The predicted molar refractivity (Wildman–Crippen MR) is 224 cm³/mol. The molecular formula is C50H33N5. The van der Waals surface area contributed by atoms with Gasteiger partial charge in [0.1, 0.15) is 5.69 Å². The van der Waals surface area contributed by atoms with E-state index < -0.39 is 0 Å². The van der Waals surface area contributed by atoms with Gasteiger partial charge in [-0.15, -0.1) is 0 Å². The van der Waals surface area contributed by atoms with E-state index in [9.17, 15) is 0 Å². The van der Waals surface area contributed by atoms with Crippen LogP contribution < -0.4 is 0 Å². The van der Waals surface area contributed by atoms with E-state index in [-0.39, 0.29) is 0 Å². The Morgan fingerprint density at radius 3 is 1.36 bits per heavy atom. The van der Waals surface area contributed by atoms with Crippen molar-refractivity contribution in [1.29, 1.82) is 0 Å². The molecule has 0 N–H and O–H groups in total. The maximum absolute atomic E-state index is 5.40. The molecule has 3 heterocycles. The predicted octanol–water partition coefficient (Wildman–Crippen LogP) is 12.3. The van der Waals surface area contributed by atoms with Gasteiger partial charge in [0, 0.05) is 38.8 Å². The maximum atomic E-state index is 5.40. The number of hydrogen-bond donors (Lipinski definition) is 0. The van der Waals surface area contributed by atoms with Gasteiger partial charge in [-0.1, -0.05) is 182 Å². The number of benzene rings is 7. The molecule has 5 heteroatoms. The highest BCUT2D eigenvalue weighted by Crippen LogP contribution is 2.42. The largest absolute Gasteiger partial charge is 0.231 e. The Labute approximate surface area is 318 Å². The van der Waals surface area contributed by atoms with Gasteiger partial charge in [-0.2, -0.15) is 5.10 Å². The van der Waals surface area contributed by atoms with Crippen molar-refractivity contribution < 1.29 is 0 Å². The molecule has 3 aromatic heterocycles. The normalized spacial score (nSPS) is 11.3. The topological polar surface area (TPSA) is 56.0 Å². The zero-order valence-electron chi connectivity index (χ0n) is 29.8. The molecule has 0 spiro atoms. The second kappa shape index (κ2) is 13.8. The Bertz CT molecular complexity index is 2900. The molecule has 10 rings (SSSR count). The zero-order valence-corrected chi connectivity index (χ0v) is 29.8. The fraction of sp³-hybridized carbons (Fsp3) is 0. The van der Waals surface area contributed by atoms with Gasteiger partial charge in [0.15, 0.2) is 17.5 Å². The fourth-order valence-corrected chi connectivity index (χ4v) is 7.40. The molecule has 0 fully saturated rings. The first-order valence-electron chi connectivity index (χ1n) is 18.4. The second-order valence-electron chi connectivity index (χ2n) is 13.5. The molecule has 10 aromatic rings. The van der Waals surface area contributed by atoms with E-state index in [0.29, 0.717) is 17.5 Å². The number of pyridine rings is 1. The third kappa shape index (κ3) is 6.04. The van der Waals surface area contributed by atoms with Gasteiger partial charge in [-0.3, -0.25) is 0 Å². The highest BCUT2D eigenvalue weighted by Gasteiger charge is 2.22. The first kappa shape index (κ1) is 32.2. The van der Waals surface area contributed by atoms with Gasteiger partial charge in [-0.25, -0.2) is 19.5 Å². The molecule has 0 aliphatic heterocycles. The lowest BCUT2D eigenvalue weighted by molar-refractivity contribution is 0.979. The zero-order chi connectivity index (χ0) is 36.6. The van der Waals surface area contributed by atoms with Crippen LogP contribution in [0, 0.1) is 0 Å². The molecular weight excluding hydrogens is 671 g/mol. The Kier molecular flexibility index (Phi) is 8.08. The third-order valence-corrected chi connectivity index (χ3v) is 10.0. The van der Waals surface area contributed by atoms with E-state index in [0.717, 1.165) is 72.4 Å². The summed E-state index contributed by atoms with van der Waals surface area (Å²) in [5.41, 5.74) is 12.4. The summed E-state index contributed by atoms with van der Waals surface area (Å²) in [5.74, 6) is 1.90. The molecule has 0 saturated heterocycles. The van der Waals surface area contributed by atoms with Gasteiger partial charge in [0.05, 0.1) is 11.2 Å². The Hall–Kier alpha value is -7.50. The van der Waals surface area contributed by atoms with Crippen LogP contribution in [0.4, 0.5) is 0 Å². The van der Waals surface area contributed by atoms with Crippen molar-refractivity contribution in [2.45, 2.75) is 0 Å². The first-order valence-corrected chi connectivity index (χ1v) is 18.4. The van der Waals surface area contributed by atoms with Crippen LogP contribution in [0.3, 0.4) is 0 Å². The summed E-state index contributed by atoms with van der Waals surface area (Å²) in [7, 11) is 0. The minimum atomic E-state index is 0.625. The number of nitrogens with zero attached hydrogens (tertiary/aromatic N) is 5. The molecule has 0 radical (unpaired) electrons. The van der Waals surface area contributed by atoms with E-state index in [1.54, 1.807) is 0 Å². The maximum Gasteiger partial charge on any atom is 0.164 e. The van der Waals surface area contributed by atoms with Crippen LogP contribution in [0.25, 0.3) is 95.2 Å². The highest BCUT2D eigenvalue weighted by molar-refractivity contribution is 6.08. The number of hydrogen-bond acceptors (Lipinski definition) is 4. The summed E-state index contributed by atoms with van der Waals surface area (Å²) < 4.78 is 2.14. The number of aromatic nitrogens is 5. The Balaban J connectivity index is 1.15. The summed E-state index contributed by atoms with van der Waals surface area (Å²) in [4.78, 5) is 14.9. The average Bonchev–Trinajstić information content (AvgIpc) is 3.69. The molecule has 0 aliphatic carbocycles. The van der Waals surface area contributed by atoms with Crippen molar-refractivity contribution in [1.82, 2.24) is 24.6 Å². The molecule has 0 saturated carbocycles. The van der Waals surface area contributed by atoms with Crippen LogP contribution in [0.15, 0.2) is 200 Å². The molecule has 0 amide bonds. The minimum Gasteiger partial charge on any atom is -0.231 e. The van der Waals surface area contributed by atoms with Crippen LogP contribution >= 0.6 is 0 Å². The smallest absolute Gasteiger partial charge is 0.164 e. The van der Waals surface area contributed by atoms with Crippen LogP contribution in [-0.2, 0) is 0 Å². The number of rotatable bonds is 7. The van der Waals surface area contributed by atoms with Gasteiger partial charge in [0.2, 0.25) is 0 Å². The van der Waals surface area contributed by atoms with Crippen molar-refractivity contribution in [3.05, 3.63) is 200 Å². The summed E-state index contributed by atoms with van der Waals surface area (Å²) in [5, 5.41) is 7.72. The standard InChI is InChI=1S/C50H33N5/c1-5-17-34(18-6-1)44-33-40-25-13-14-30-43(40)47-45(46(54-55(44)47)35-19-7-2-8-20-35)41-28-15-26-38(31-41)39-27-16-29-42(32-39)50-52-48(36-21-9-3-10-22-36)51-49(53-50)37-23-11-4-12-24-37/h1-33H. The van der Waals surface area contributed by atoms with Crippen LogP contribution in [0.2, 0.25) is 0 Å². The van der Waals surface area contributed by atoms with E-state index >= 15 is 0 Å². The highest BCUT2D eigenvalue weighted by atomic mass is 15.2.